The zero-order chi connectivity index (χ0) is 8.55. The van der Waals surface area contributed by atoms with Gasteiger partial charge in [-0.2, -0.15) is 0 Å². The lowest BCUT2D eigenvalue weighted by Crippen LogP contribution is -2.27. The Morgan fingerprint density at radius 3 is 3.17 bits per heavy atom. The van der Waals surface area contributed by atoms with Gasteiger partial charge in [0.1, 0.15) is 12.5 Å². The molecule has 1 aromatic carbocycles. The van der Waals surface area contributed by atoms with Gasteiger partial charge < -0.3 is 4.74 Å². The van der Waals surface area contributed by atoms with Crippen molar-refractivity contribution in [3.05, 3.63) is 23.8 Å². The molecule has 0 amide bonds. The van der Waals surface area contributed by atoms with E-state index in [0.717, 1.165) is 17.2 Å². The highest BCUT2D eigenvalue weighted by molar-refractivity contribution is 7.80. The van der Waals surface area contributed by atoms with Gasteiger partial charge in [0, 0.05) is 17.0 Å². The zero-order valence-corrected chi connectivity index (χ0v) is 7.84. The Balaban J connectivity index is 2.37. The fourth-order valence-corrected chi connectivity index (χ4v) is 1.58. The predicted octanol–water partition coefficient (Wildman–Crippen LogP) is 1.76. The number of thiol groups is 1. The molecule has 1 heterocycles. The molecule has 1 aliphatic rings. The molecule has 1 aliphatic heterocycles. The van der Waals surface area contributed by atoms with Crippen molar-refractivity contribution in [2.75, 3.05) is 13.8 Å². The highest BCUT2D eigenvalue weighted by Gasteiger charge is 2.13. The topological polar surface area (TPSA) is 12.5 Å². The molecule has 0 atom stereocenters. The minimum absolute atomic E-state index is 0.679. The van der Waals surface area contributed by atoms with Crippen LogP contribution in [0.2, 0.25) is 0 Å². The Morgan fingerprint density at radius 1 is 1.50 bits per heavy atom. The second-order valence-corrected chi connectivity index (χ2v) is 3.60. The molecule has 2 rings (SSSR count). The van der Waals surface area contributed by atoms with E-state index in [2.05, 4.69) is 17.5 Å². The average molecular weight is 181 g/mol. The number of rotatable bonds is 0. The summed E-state index contributed by atoms with van der Waals surface area (Å²) in [6.45, 7) is 1.63. The molecule has 12 heavy (non-hydrogen) atoms. The quantitative estimate of drug-likeness (QED) is 0.612. The van der Waals surface area contributed by atoms with Crippen LogP contribution in [0, 0.1) is 0 Å². The summed E-state index contributed by atoms with van der Waals surface area (Å²) in [5.74, 6) is 0.992. The van der Waals surface area contributed by atoms with E-state index in [4.69, 9.17) is 4.74 Å². The minimum Gasteiger partial charge on any atom is -0.478 e. The largest absolute Gasteiger partial charge is 0.478 e. The van der Waals surface area contributed by atoms with E-state index in [1.165, 1.54) is 5.56 Å². The first-order valence-corrected chi connectivity index (χ1v) is 4.33. The monoisotopic (exact) mass is 181 g/mol. The number of nitrogens with zero attached hydrogens (tertiary/aromatic N) is 1. The Bertz CT molecular complexity index is 301. The molecule has 0 bridgehead atoms. The third-order valence-electron chi connectivity index (χ3n) is 1.92. The normalized spacial score (nSPS) is 16.8. The maximum atomic E-state index is 5.48. The Hall–Kier alpha value is -0.670. The highest BCUT2D eigenvalue weighted by Crippen LogP contribution is 2.26. The van der Waals surface area contributed by atoms with Gasteiger partial charge in [-0.25, -0.2) is 0 Å². The average Bonchev–Trinajstić information content (AvgIpc) is 2.03. The number of ether oxygens (including phenoxy) is 1. The second-order valence-electron chi connectivity index (χ2n) is 3.08. The van der Waals surface area contributed by atoms with E-state index in [1.54, 1.807) is 0 Å². The van der Waals surface area contributed by atoms with Gasteiger partial charge in [0.15, 0.2) is 0 Å². The molecule has 0 aromatic heterocycles. The number of fused-ring (bicyclic) bond motifs is 1. The van der Waals surface area contributed by atoms with Gasteiger partial charge in [0.05, 0.1) is 0 Å². The molecule has 3 heteroatoms. The number of hydrogen-bond donors (Lipinski definition) is 1. The summed E-state index contributed by atoms with van der Waals surface area (Å²) in [5.41, 5.74) is 1.22. The predicted molar refractivity (Wildman–Crippen MR) is 50.7 cm³/mol. The fourth-order valence-electron chi connectivity index (χ4n) is 1.35. The van der Waals surface area contributed by atoms with E-state index in [0.29, 0.717) is 6.73 Å². The lowest BCUT2D eigenvalue weighted by atomic mass is 10.2. The first kappa shape index (κ1) is 7.95. The summed E-state index contributed by atoms with van der Waals surface area (Å²) in [6.07, 6.45) is 0. The van der Waals surface area contributed by atoms with Gasteiger partial charge in [-0.05, 0) is 25.2 Å². The van der Waals surface area contributed by atoms with Crippen molar-refractivity contribution >= 4 is 12.6 Å². The van der Waals surface area contributed by atoms with Crippen LogP contribution >= 0.6 is 12.6 Å². The molecule has 0 N–H and O–H groups in total. The molecule has 64 valence electrons. The van der Waals surface area contributed by atoms with Gasteiger partial charge in [0.2, 0.25) is 0 Å². The van der Waals surface area contributed by atoms with Crippen molar-refractivity contribution < 1.29 is 4.74 Å². The van der Waals surface area contributed by atoms with Crippen LogP contribution in [-0.4, -0.2) is 18.7 Å². The summed E-state index contributed by atoms with van der Waals surface area (Å²) in [5, 5.41) is 0. The smallest absolute Gasteiger partial charge is 0.142 e. The molecule has 1 aromatic rings. The van der Waals surface area contributed by atoms with E-state index < -0.39 is 0 Å². The molecule has 2 nitrogen and oxygen atoms in total. The highest BCUT2D eigenvalue weighted by atomic mass is 32.1. The van der Waals surface area contributed by atoms with Gasteiger partial charge >= 0.3 is 0 Å². The molecule has 0 spiro atoms. The lowest BCUT2D eigenvalue weighted by Gasteiger charge is -2.25. The van der Waals surface area contributed by atoms with Crippen molar-refractivity contribution in [2.45, 2.75) is 11.4 Å². The molecular weight excluding hydrogens is 170 g/mol. The maximum absolute atomic E-state index is 5.48. The molecule has 0 saturated heterocycles. The van der Waals surface area contributed by atoms with Crippen LogP contribution < -0.4 is 4.74 Å². The SMILES string of the molecule is CN1COc2ccc(S)cc2C1. The van der Waals surface area contributed by atoms with Crippen LogP contribution in [-0.2, 0) is 6.54 Å². The van der Waals surface area contributed by atoms with Crippen molar-refractivity contribution in [3.8, 4) is 5.75 Å². The van der Waals surface area contributed by atoms with Crippen LogP contribution in [0.3, 0.4) is 0 Å². The van der Waals surface area contributed by atoms with Gasteiger partial charge in [0.25, 0.3) is 0 Å². The Labute approximate surface area is 77.5 Å². The third-order valence-corrected chi connectivity index (χ3v) is 2.20. The molecule has 0 aliphatic carbocycles. The van der Waals surface area contributed by atoms with Crippen molar-refractivity contribution in [1.29, 1.82) is 0 Å². The Morgan fingerprint density at radius 2 is 2.33 bits per heavy atom. The zero-order valence-electron chi connectivity index (χ0n) is 6.95. The Kier molecular flexibility index (Phi) is 1.98. The molecule has 0 saturated carbocycles. The van der Waals surface area contributed by atoms with E-state index >= 15 is 0 Å². The van der Waals surface area contributed by atoms with Gasteiger partial charge in [-0.3, -0.25) is 4.90 Å². The van der Waals surface area contributed by atoms with E-state index in [9.17, 15) is 0 Å². The van der Waals surface area contributed by atoms with Gasteiger partial charge in [-0.15, -0.1) is 12.6 Å². The number of benzene rings is 1. The van der Waals surface area contributed by atoms with Crippen LogP contribution in [0.4, 0.5) is 0 Å². The van der Waals surface area contributed by atoms with Crippen molar-refractivity contribution in [2.24, 2.45) is 0 Å². The molecule has 0 radical (unpaired) electrons. The summed E-state index contributed by atoms with van der Waals surface area (Å²) >= 11 is 4.27. The van der Waals surface area contributed by atoms with E-state index in [-0.39, 0.29) is 0 Å². The first-order chi connectivity index (χ1) is 5.75. The fraction of sp³-hybridized carbons (Fsp3) is 0.333. The summed E-state index contributed by atoms with van der Waals surface area (Å²) in [7, 11) is 2.04. The number of hydrogen-bond acceptors (Lipinski definition) is 3. The van der Waals surface area contributed by atoms with Crippen LogP contribution in [0.25, 0.3) is 0 Å². The standard InChI is InChI=1S/C9H11NOS/c1-10-5-7-4-8(12)2-3-9(7)11-6-10/h2-4,12H,5-6H2,1H3. The van der Waals surface area contributed by atoms with Crippen LogP contribution in [0.15, 0.2) is 23.1 Å². The summed E-state index contributed by atoms with van der Waals surface area (Å²) < 4.78 is 5.48. The lowest BCUT2D eigenvalue weighted by molar-refractivity contribution is 0.121. The first-order valence-electron chi connectivity index (χ1n) is 3.89. The van der Waals surface area contributed by atoms with Gasteiger partial charge in [-0.1, -0.05) is 0 Å². The summed E-state index contributed by atoms with van der Waals surface area (Å²) in [6, 6.07) is 5.98. The van der Waals surface area contributed by atoms with Crippen LogP contribution in [0.5, 0.6) is 5.75 Å². The van der Waals surface area contributed by atoms with Crippen LogP contribution in [0.1, 0.15) is 5.56 Å². The summed E-state index contributed by atoms with van der Waals surface area (Å²) in [4.78, 5) is 3.11. The molecule has 0 fully saturated rings. The van der Waals surface area contributed by atoms with Crippen molar-refractivity contribution in [1.82, 2.24) is 4.90 Å². The molecular formula is C9H11NOS. The van der Waals surface area contributed by atoms with Crippen molar-refractivity contribution in [3.63, 3.8) is 0 Å². The third kappa shape index (κ3) is 1.42. The molecule has 0 unspecified atom stereocenters. The second kappa shape index (κ2) is 2.99. The van der Waals surface area contributed by atoms with E-state index in [1.807, 2.05) is 25.2 Å². The maximum Gasteiger partial charge on any atom is 0.142 e. The minimum atomic E-state index is 0.679.